The van der Waals surface area contributed by atoms with E-state index in [1.54, 1.807) is 24.3 Å². The van der Waals surface area contributed by atoms with Crippen molar-refractivity contribution in [2.45, 2.75) is 11.3 Å². The molecule has 4 aromatic carbocycles. The topological polar surface area (TPSA) is 124 Å². The van der Waals surface area contributed by atoms with Gasteiger partial charge in [-0.15, -0.1) is 0 Å². The Morgan fingerprint density at radius 1 is 0.865 bits per heavy atom. The fourth-order valence-corrected chi connectivity index (χ4v) is 7.13. The molecule has 0 aromatic heterocycles. The highest BCUT2D eigenvalue weighted by Crippen LogP contribution is 2.40. The van der Waals surface area contributed by atoms with Crippen molar-refractivity contribution in [3.63, 3.8) is 0 Å². The average Bonchev–Trinajstić information content (AvgIpc) is 2.81. The number of nitrogens with one attached hydrogen (secondary N) is 1. The lowest BCUT2D eigenvalue weighted by Crippen LogP contribution is -2.32. The summed E-state index contributed by atoms with van der Waals surface area (Å²) >= 11 is 11.9. The Kier molecular flexibility index (Phi) is 7.94. The minimum Gasteiger partial charge on any atom is -0.326 e. The summed E-state index contributed by atoms with van der Waals surface area (Å²) in [4.78, 5) is 31.3. The number of rotatable bonds is 8. The molecular formula is C25H21Cl2N2O6PS. The van der Waals surface area contributed by atoms with Crippen LogP contribution < -0.4 is 9.62 Å². The smallest absolute Gasteiger partial charge is 0.326 e. The molecule has 192 valence electrons. The highest BCUT2D eigenvalue weighted by Gasteiger charge is 2.31. The van der Waals surface area contributed by atoms with Crippen molar-refractivity contribution in [3.05, 3.63) is 101 Å². The monoisotopic (exact) mass is 578 g/mol. The van der Waals surface area contributed by atoms with Crippen molar-refractivity contribution in [1.29, 1.82) is 0 Å². The SMILES string of the molecule is O=C(Cc1ccccc1)Nc1ccc2cc(N(CP(=O)(O)O)S(=O)(=O)c3cc(Cl)cc(Cl)c3)ccc2c1. The Balaban J connectivity index is 1.65. The molecular weight excluding hydrogens is 558 g/mol. The van der Waals surface area contributed by atoms with Crippen LogP contribution >= 0.6 is 30.8 Å². The Morgan fingerprint density at radius 3 is 2.14 bits per heavy atom. The molecule has 0 radical (unpaired) electrons. The Morgan fingerprint density at radius 2 is 1.49 bits per heavy atom. The number of benzene rings is 4. The zero-order valence-corrected chi connectivity index (χ0v) is 22.3. The summed E-state index contributed by atoms with van der Waals surface area (Å²) in [6.45, 7) is 0. The Bertz CT molecular complexity index is 1610. The summed E-state index contributed by atoms with van der Waals surface area (Å²) in [5, 5.41) is 4.22. The quantitative estimate of drug-likeness (QED) is 0.232. The first-order chi connectivity index (χ1) is 17.4. The Hall–Kier alpha value is -2.91. The second-order valence-corrected chi connectivity index (χ2v) is 12.6. The molecule has 0 spiro atoms. The van der Waals surface area contributed by atoms with Crippen molar-refractivity contribution in [3.8, 4) is 0 Å². The van der Waals surface area contributed by atoms with E-state index >= 15 is 0 Å². The van der Waals surface area contributed by atoms with E-state index in [0.717, 1.165) is 17.7 Å². The van der Waals surface area contributed by atoms with E-state index in [4.69, 9.17) is 23.2 Å². The highest BCUT2D eigenvalue weighted by atomic mass is 35.5. The van der Waals surface area contributed by atoms with E-state index in [9.17, 15) is 27.6 Å². The van der Waals surface area contributed by atoms with Crippen LogP contribution in [-0.4, -0.2) is 30.4 Å². The summed E-state index contributed by atoms with van der Waals surface area (Å²) in [6, 6.07) is 22.5. The first kappa shape index (κ1) is 27.1. The van der Waals surface area contributed by atoms with Gasteiger partial charge in [-0.25, -0.2) is 8.42 Å². The van der Waals surface area contributed by atoms with Crippen molar-refractivity contribution >= 4 is 68.9 Å². The van der Waals surface area contributed by atoms with Crippen LogP contribution in [0.25, 0.3) is 10.8 Å². The van der Waals surface area contributed by atoms with Gasteiger partial charge >= 0.3 is 7.60 Å². The average molecular weight is 579 g/mol. The molecule has 0 bridgehead atoms. The van der Waals surface area contributed by atoms with E-state index in [0.29, 0.717) is 20.8 Å². The van der Waals surface area contributed by atoms with Gasteiger partial charge < -0.3 is 15.1 Å². The maximum atomic E-state index is 13.4. The molecule has 4 rings (SSSR count). The number of carbonyl (C=O) groups excluding carboxylic acids is 1. The lowest BCUT2D eigenvalue weighted by molar-refractivity contribution is -0.115. The van der Waals surface area contributed by atoms with Crippen LogP contribution in [0.5, 0.6) is 0 Å². The van der Waals surface area contributed by atoms with E-state index in [1.807, 2.05) is 30.3 Å². The maximum Gasteiger partial charge on any atom is 0.345 e. The van der Waals surface area contributed by atoms with Crippen molar-refractivity contribution < 1.29 is 27.6 Å². The lowest BCUT2D eigenvalue weighted by Gasteiger charge is -2.25. The number of amides is 1. The maximum absolute atomic E-state index is 13.4. The molecule has 0 saturated heterocycles. The summed E-state index contributed by atoms with van der Waals surface area (Å²) in [6.07, 6.45) is -0.876. The van der Waals surface area contributed by atoms with Crippen molar-refractivity contribution in [1.82, 2.24) is 0 Å². The fourth-order valence-electron chi connectivity index (χ4n) is 3.72. The van der Waals surface area contributed by atoms with Crippen molar-refractivity contribution in [2.24, 2.45) is 0 Å². The van der Waals surface area contributed by atoms with E-state index in [-0.39, 0.29) is 33.0 Å². The fraction of sp³-hybridized carbons (Fsp3) is 0.0800. The first-order valence-electron chi connectivity index (χ1n) is 10.8. The number of nitrogens with zero attached hydrogens (tertiary/aromatic N) is 1. The third-order valence-corrected chi connectivity index (χ3v) is 8.37. The molecule has 0 saturated carbocycles. The minimum atomic E-state index is -4.81. The zero-order valence-electron chi connectivity index (χ0n) is 19.1. The van der Waals surface area contributed by atoms with Gasteiger partial charge in [0.15, 0.2) is 0 Å². The van der Waals surface area contributed by atoms with Gasteiger partial charge in [-0.3, -0.25) is 13.7 Å². The van der Waals surface area contributed by atoms with Crippen molar-refractivity contribution in [2.75, 3.05) is 15.9 Å². The minimum absolute atomic E-state index is 0.0350. The lowest BCUT2D eigenvalue weighted by atomic mass is 10.1. The van der Waals surface area contributed by atoms with Gasteiger partial charge in [-0.1, -0.05) is 65.7 Å². The van der Waals surface area contributed by atoms with E-state index < -0.39 is 23.9 Å². The molecule has 8 nitrogen and oxygen atoms in total. The molecule has 0 unspecified atom stereocenters. The third kappa shape index (κ3) is 6.90. The molecule has 3 N–H and O–H groups in total. The molecule has 0 aliphatic carbocycles. The normalized spacial score (nSPS) is 11.9. The van der Waals surface area contributed by atoms with Crippen LogP contribution in [0.1, 0.15) is 5.56 Å². The number of carbonyl (C=O) groups is 1. The highest BCUT2D eigenvalue weighted by molar-refractivity contribution is 7.93. The van der Waals surface area contributed by atoms with E-state index in [2.05, 4.69) is 5.32 Å². The van der Waals surface area contributed by atoms with Crippen LogP contribution in [-0.2, 0) is 25.8 Å². The Labute approximate surface area is 223 Å². The van der Waals surface area contributed by atoms with Gasteiger partial charge in [0, 0.05) is 15.7 Å². The molecule has 0 aliphatic heterocycles. The molecule has 0 aliphatic rings. The number of sulfonamides is 1. The second-order valence-electron chi connectivity index (χ2n) is 8.22. The third-order valence-electron chi connectivity index (χ3n) is 5.34. The van der Waals surface area contributed by atoms with Gasteiger partial charge in [0.1, 0.15) is 6.29 Å². The van der Waals surface area contributed by atoms with Gasteiger partial charge in [-0.2, -0.15) is 0 Å². The predicted octanol–water partition coefficient (Wildman–Crippen LogP) is 5.66. The molecule has 4 aromatic rings. The summed E-state index contributed by atoms with van der Waals surface area (Å²) in [7, 11) is -9.25. The van der Waals surface area contributed by atoms with Crippen LogP contribution in [0.2, 0.25) is 10.0 Å². The number of anilines is 2. The number of fused-ring (bicyclic) bond motifs is 1. The van der Waals surface area contributed by atoms with Gasteiger partial charge in [0.05, 0.1) is 17.0 Å². The van der Waals surface area contributed by atoms with Crippen LogP contribution in [0.4, 0.5) is 11.4 Å². The molecule has 1 amide bonds. The molecule has 12 heteroatoms. The van der Waals surface area contributed by atoms with Crippen LogP contribution in [0.3, 0.4) is 0 Å². The zero-order chi connectivity index (χ0) is 26.8. The number of hydrogen-bond acceptors (Lipinski definition) is 4. The summed E-state index contributed by atoms with van der Waals surface area (Å²) in [5.41, 5.74) is 1.46. The largest absolute Gasteiger partial charge is 0.345 e. The predicted molar refractivity (Wildman–Crippen MR) is 146 cm³/mol. The molecule has 0 heterocycles. The summed E-state index contributed by atoms with van der Waals surface area (Å²) in [5.74, 6) is -0.193. The molecule has 0 atom stereocenters. The number of hydrogen-bond donors (Lipinski definition) is 3. The summed E-state index contributed by atoms with van der Waals surface area (Å²) < 4.78 is 39.3. The van der Waals surface area contributed by atoms with Gasteiger partial charge in [0.25, 0.3) is 10.0 Å². The molecule has 0 fully saturated rings. The van der Waals surface area contributed by atoms with Crippen LogP contribution in [0, 0.1) is 0 Å². The first-order valence-corrected chi connectivity index (χ1v) is 14.8. The standard InChI is InChI=1S/C25H21Cl2N2O6PS/c26-20-13-21(27)15-24(14-20)37(34,35)29(16-36(31,32)33)23-9-7-18-11-22(8-6-19(18)12-23)28-25(30)10-17-4-2-1-3-5-17/h1-9,11-15H,10,16H2,(H,28,30)(H2,31,32,33). The number of halogens is 2. The van der Waals surface area contributed by atoms with Gasteiger partial charge in [0.2, 0.25) is 5.91 Å². The van der Waals surface area contributed by atoms with Crippen LogP contribution in [0.15, 0.2) is 89.8 Å². The van der Waals surface area contributed by atoms with Gasteiger partial charge in [-0.05, 0) is 58.8 Å². The molecule has 37 heavy (non-hydrogen) atoms. The van der Waals surface area contributed by atoms with E-state index in [1.165, 1.54) is 18.2 Å². The second kappa shape index (κ2) is 10.8.